The van der Waals surface area contributed by atoms with Gasteiger partial charge in [-0.1, -0.05) is 13.8 Å². The van der Waals surface area contributed by atoms with E-state index in [0.717, 1.165) is 42.4 Å². The van der Waals surface area contributed by atoms with Crippen molar-refractivity contribution in [1.82, 2.24) is 10.2 Å². The first-order valence-electron chi connectivity index (χ1n) is 6.70. The summed E-state index contributed by atoms with van der Waals surface area (Å²) in [5.74, 6) is 1.53. The predicted octanol–water partition coefficient (Wildman–Crippen LogP) is 2.32. The molecule has 0 bridgehead atoms. The third kappa shape index (κ3) is 2.45. The maximum absolute atomic E-state index is 9.40. The van der Waals surface area contributed by atoms with Crippen LogP contribution in [-0.2, 0) is 12.8 Å². The highest BCUT2D eigenvalue weighted by Crippen LogP contribution is 2.31. The van der Waals surface area contributed by atoms with E-state index in [2.05, 4.69) is 35.0 Å². The van der Waals surface area contributed by atoms with Gasteiger partial charge in [-0.15, -0.1) is 5.10 Å². The normalized spacial score (nSPS) is 14.3. The van der Waals surface area contributed by atoms with Crippen molar-refractivity contribution < 1.29 is 0 Å². The third-order valence-electron chi connectivity index (χ3n) is 3.53. The molecule has 1 heterocycles. The van der Waals surface area contributed by atoms with E-state index in [1.54, 1.807) is 0 Å². The number of anilines is 1. The Morgan fingerprint density at radius 3 is 2.50 bits per heavy atom. The van der Waals surface area contributed by atoms with Gasteiger partial charge in [0.1, 0.15) is 11.6 Å². The summed E-state index contributed by atoms with van der Waals surface area (Å²) < 4.78 is 0. The summed E-state index contributed by atoms with van der Waals surface area (Å²) in [6.45, 7) is 5.11. The van der Waals surface area contributed by atoms with E-state index in [1.165, 1.54) is 12.8 Å². The number of hydrogen-bond donors (Lipinski definition) is 0. The van der Waals surface area contributed by atoms with Crippen LogP contribution >= 0.6 is 0 Å². The largest absolute Gasteiger partial charge is 0.357 e. The number of rotatable bonds is 5. The monoisotopic (exact) mass is 244 g/mol. The first kappa shape index (κ1) is 12.8. The molecule has 1 aliphatic carbocycles. The Hall–Kier alpha value is -1.63. The molecule has 0 saturated heterocycles. The van der Waals surface area contributed by atoms with Crippen LogP contribution in [0.4, 0.5) is 5.82 Å². The SMILES string of the molecule is CCc1nnc(N(C)CC2CC2)c(C#N)c1CC. The summed E-state index contributed by atoms with van der Waals surface area (Å²) in [6.07, 6.45) is 4.27. The van der Waals surface area contributed by atoms with E-state index in [0.29, 0.717) is 5.56 Å². The van der Waals surface area contributed by atoms with Crippen molar-refractivity contribution in [3.8, 4) is 6.07 Å². The van der Waals surface area contributed by atoms with E-state index in [4.69, 9.17) is 0 Å². The second-order valence-electron chi connectivity index (χ2n) is 4.97. The average molecular weight is 244 g/mol. The smallest absolute Gasteiger partial charge is 0.169 e. The Kier molecular flexibility index (Phi) is 3.81. The van der Waals surface area contributed by atoms with Crippen LogP contribution in [0.5, 0.6) is 0 Å². The molecule has 1 aromatic heterocycles. The highest BCUT2D eigenvalue weighted by atomic mass is 15.3. The fourth-order valence-corrected chi connectivity index (χ4v) is 2.32. The Morgan fingerprint density at radius 1 is 1.28 bits per heavy atom. The van der Waals surface area contributed by atoms with Crippen LogP contribution in [0, 0.1) is 17.2 Å². The van der Waals surface area contributed by atoms with Gasteiger partial charge in [0.05, 0.1) is 5.69 Å². The molecule has 0 amide bonds. The summed E-state index contributed by atoms with van der Waals surface area (Å²) in [5.41, 5.74) is 2.73. The molecular weight excluding hydrogens is 224 g/mol. The molecule has 0 aliphatic heterocycles. The number of aryl methyl sites for hydroxylation is 1. The summed E-state index contributed by atoms with van der Waals surface area (Å²) in [4.78, 5) is 2.09. The molecule has 1 saturated carbocycles. The van der Waals surface area contributed by atoms with Crippen LogP contribution in [0.2, 0.25) is 0 Å². The maximum Gasteiger partial charge on any atom is 0.169 e. The van der Waals surface area contributed by atoms with Gasteiger partial charge in [-0.25, -0.2) is 0 Å². The maximum atomic E-state index is 9.40. The van der Waals surface area contributed by atoms with E-state index in [1.807, 2.05) is 7.05 Å². The molecule has 1 aromatic rings. The zero-order valence-corrected chi connectivity index (χ0v) is 11.4. The summed E-state index contributed by atoms with van der Waals surface area (Å²) >= 11 is 0. The highest BCUT2D eigenvalue weighted by molar-refractivity contribution is 5.57. The molecule has 0 spiro atoms. The molecule has 2 rings (SSSR count). The Bertz CT molecular complexity index is 471. The quantitative estimate of drug-likeness (QED) is 0.797. The Balaban J connectivity index is 2.37. The molecular formula is C14H20N4. The molecule has 4 heteroatoms. The van der Waals surface area contributed by atoms with Gasteiger partial charge in [0.15, 0.2) is 5.82 Å². The summed E-state index contributed by atoms with van der Waals surface area (Å²) in [5, 5.41) is 18.0. The summed E-state index contributed by atoms with van der Waals surface area (Å²) in [6, 6.07) is 2.32. The molecule has 18 heavy (non-hydrogen) atoms. The van der Waals surface area contributed by atoms with Crippen molar-refractivity contribution in [2.45, 2.75) is 39.5 Å². The Labute approximate surface area is 109 Å². The van der Waals surface area contributed by atoms with Gasteiger partial charge in [-0.05, 0) is 37.2 Å². The van der Waals surface area contributed by atoms with Gasteiger partial charge in [-0.2, -0.15) is 10.4 Å². The second kappa shape index (κ2) is 5.34. The van der Waals surface area contributed by atoms with E-state index < -0.39 is 0 Å². The van der Waals surface area contributed by atoms with Crippen LogP contribution in [-0.4, -0.2) is 23.8 Å². The van der Waals surface area contributed by atoms with Crippen molar-refractivity contribution >= 4 is 5.82 Å². The van der Waals surface area contributed by atoms with E-state index in [-0.39, 0.29) is 0 Å². The fourth-order valence-electron chi connectivity index (χ4n) is 2.32. The van der Waals surface area contributed by atoms with Crippen molar-refractivity contribution in [1.29, 1.82) is 5.26 Å². The minimum Gasteiger partial charge on any atom is -0.357 e. The van der Waals surface area contributed by atoms with Crippen LogP contribution in [0.25, 0.3) is 0 Å². The topological polar surface area (TPSA) is 52.8 Å². The molecule has 1 aliphatic rings. The van der Waals surface area contributed by atoms with Crippen LogP contribution in [0.15, 0.2) is 0 Å². The summed E-state index contributed by atoms with van der Waals surface area (Å²) in [7, 11) is 2.01. The molecule has 1 fully saturated rings. The van der Waals surface area contributed by atoms with Gasteiger partial charge < -0.3 is 4.90 Å². The van der Waals surface area contributed by atoms with Gasteiger partial charge in [-0.3, -0.25) is 0 Å². The van der Waals surface area contributed by atoms with Crippen molar-refractivity contribution in [2.24, 2.45) is 5.92 Å². The van der Waals surface area contributed by atoms with Crippen molar-refractivity contribution in [3.05, 3.63) is 16.8 Å². The van der Waals surface area contributed by atoms with E-state index in [9.17, 15) is 5.26 Å². The molecule has 0 N–H and O–H groups in total. The molecule has 0 atom stereocenters. The highest BCUT2D eigenvalue weighted by Gasteiger charge is 2.25. The van der Waals surface area contributed by atoms with E-state index >= 15 is 0 Å². The number of hydrogen-bond acceptors (Lipinski definition) is 4. The van der Waals surface area contributed by atoms with Crippen LogP contribution in [0.3, 0.4) is 0 Å². The number of nitriles is 1. The first-order valence-corrected chi connectivity index (χ1v) is 6.70. The van der Waals surface area contributed by atoms with Gasteiger partial charge >= 0.3 is 0 Å². The molecule has 0 radical (unpaired) electrons. The minimum absolute atomic E-state index is 0.715. The molecule has 0 unspecified atom stereocenters. The zero-order valence-electron chi connectivity index (χ0n) is 11.4. The second-order valence-corrected chi connectivity index (χ2v) is 4.97. The van der Waals surface area contributed by atoms with Gasteiger partial charge in [0.2, 0.25) is 0 Å². The van der Waals surface area contributed by atoms with Crippen molar-refractivity contribution in [3.63, 3.8) is 0 Å². The zero-order chi connectivity index (χ0) is 13.1. The lowest BCUT2D eigenvalue weighted by molar-refractivity contribution is 0.756. The Morgan fingerprint density at radius 2 is 2.00 bits per heavy atom. The number of aromatic nitrogens is 2. The molecule has 4 nitrogen and oxygen atoms in total. The van der Waals surface area contributed by atoms with Crippen LogP contribution in [0.1, 0.15) is 43.5 Å². The lowest BCUT2D eigenvalue weighted by Gasteiger charge is -2.20. The van der Waals surface area contributed by atoms with Gasteiger partial charge in [0.25, 0.3) is 0 Å². The molecule has 96 valence electrons. The average Bonchev–Trinajstić information content (AvgIpc) is 3.20. The van der Waals surface area contributed by atoms with Crippen molar-refractivity contribution in [2.75, 3.05) is 18.5 Å². The van der Waals surface area contributed by atoms with Gasteiger partial charge in [0, 0.05) is 13.6 Å². The third-order valence-corrected chi connectivity index (χ3v) is 3.53. The fraction of sp³-hybridized carbons (Fsp3) is 0.643. The molecule has 0 aromatic carbocycles. The first-order chi connectivity index (χ1) is 8.71. The standard InChI is InChI=1S/C14H20N4/c1-4-11-12(8-15)14(17-16-13(11)5-2)18(3)9-10-6-7-10/h10H,4-7,9H2,1-3H3. The number of nitrogens with zero attached hydrogens (tertiary/aromatic N) is 4. The lowest BCUT2D eigenvalue weighted by Crippen LogP contribution is -2.23. The lowest BCUT2D eigenvalue weighted by atomic mass is 10.0. The van der Waals surface area contributed by atoms with Crippen LogP contribution < -0.4 is 4.90 Å². The predicted molar refractivity (Wildman–Crippen MR) is 71.5 cm³/mol. The minimum atomic E-state index is 0.715.